The van der Waals surface area contributed by atoms with E-state index in [9.17, 15) is 0 Å². The molecule has 0 bridgehead atoms. The Hall–Kier alpha value is -1.22. The molecule has 1 aromatic rings. The fourth-order valence-electron chi connectivity index (χ4n) is 1.30. The minimum absolute atomic E-state index is 0.494. The lowest BCUT2D eigenvalue weighted by Crippen LogP contribution is -2.26. The van der Waals surface area contributed by atoms with E-state index < -0.39 is 0 Å². The Balaban J connectivity index is 2.13. The van der Waals surface area contributed by atoms with Crippen molar-refractivity contribution in [2.75, 3.05) is 24.3 Å². The average Bonchev–Trinajstić information content (AvgIpc) is 2.26. The summed E-state index contributed by atoms with van der Waals surface area (Å²) in [6.45, 7) is 1.11. The predicted molar refractivity (Wildman–Crippen MR) is 58.6 cm³/mol. The maximum absolute atomic E-state index is 5.55. The van der Waals surface area contributed by atoms with E-state index in [4.69, 9.17) is 16.3 Å². The monoisotopic (exact) mass is 210 g/mol. The molecule has 0 amide bonds. The summed E-state index contributed by atoms with van der Waals surface area (Å²) < 4.78 is 5.50. The number of amidine groups is 1. The summed E-state index contributed by atoms with van der Waals surface area (Å²) >= 11 is 5.55. The molecule has 1 heterocycles. The summed E-state index contributed by atoms with van der Waals surface area (Å²) in [6, 6.07) is 7.80. The standard InChI is InChI=1S/C10H11ClN2O/c11-5-6-12-10-7-14-9-4-2-1-3-8(9)13-10/h1-4H,5-7H2,(H,12,13). The van der Waals surface area contributed by atoms with Gasteiger partial charge in [0.1, 0.15) is 18.2 Å². The van der Waals surface area contributed by atoms with Gasteiger partial charge in [-0.3, -0.25) is 4.99 Å². The molecule has 0 aromatic heterocycles. The quantitative estimate of drug-likeness (QED) is 0.759. The van der Waals surface area contributed by atoms with E-state index in [1.165, 1.54) is 0 Å². The van der Waals surface area contributed by atoms with Crippen LogP contribution in [0.3, 0.4) is 0 Å². The molecule has 0 saturated carbocycles. The van der Waals surface area contributed by atoms with E-state index in [1.807, 2.05) is 24.3 Å². The molecule has 0 fully saturated rings. The van der Waals surface area contributed by atoms with Crippen molar-refractivity contribution >= 4 is 23.1 Å². The smallest absolute Gasteiger partial charge is 0.146 e. The second-order valence-corrected chi connectivity index (χ2v) is 3.31. The normalized spacial score (nSPS) is 17.1. The van der Waals surface area contributed by atoms with Gasteiger partial charge in [-0.1, -0.05) is 12.1 Å². The highest BCUT2D eigenvalue weighted by Crippen LogP contribution is 2.26. The molecule has 0 radical (unpaired) electrons. The van der Waals surface area contributed by atoms with Gasteiger partial charge in [0.05, 0.1) is 12.2 Å². The van der Waals surface area contributed by atoms with Crippen molar-refractivity contribution in [1.82, 2.24) is 0 Å². The van der Waals surface area contributed by atoms with Crippen LogP contribution in [0, 0.1) is 0 Å². The van der Waals surface area contributed by atoms with Crippen molar-refractivity contribution in [2.24, 2.45) is 4.99 Å². The lowest BCUT2D eigenvalue weighted by molar-refractivity contribution is 0.372. The first-order chi connectivity index (χ1) is 6.90. The number of para-hydroxylation sites is 2. The SMILES string of the molecule is ClCCN=C1COc2ccccc2N1. The summed E-state index contributed by atoms with van der Waals surface area (Å²) in [7, 11) is 0. The Morgan fingerprint density at radius 3 is 3.14 bits per heavy atom. The summed E-state index contributed by atoms with van der Waals surface area (Å²) in [5, 5.41) is 3.20. The Kier molecular flexibility index (Phi) is 2.89. The van der Waals surface area contributed by atoms with Crippen molar-refractivity contribution in [3.63, 3.8) is 0 Å². The van der Waals surface area contributed by atoms with Crippen molar-refractivity contribution < 1.29 is 4.74 Å². The highest BCUT2D eigenvalue weighted by Gasteiger charge is 2.12. The topological polar surface area (TPSA) is 33.6 Å². The van der Waals surface area contributed by atoms with Gasteiger partial charge in [0, 0.05) is 5.88 Å². The molecule has 4 heteroatoms. The zero-order valence-electron chi connectivity index (χ0n) is 7.66. The number of alkyl halides is 1. The van der Waals surface area contributed by atoms with Crippen molar-refractivity contribution in [3.05, 3.63) is 24.3 Å². The molecule has 0 atom stereocenters. The molecular formula is C10H11ClN2O. The van der Waals surface area contributed by atoms with E-state index in [2.05, 4.69) is 10.3 Å². The molecule has 1 aliphatic rings. The van der Waals surface area contributed by atoms with E-state index in [1.54, 1.807) is 0 Å². The van der Waals surface area contributed by atoms with Gasteiger partial charge in [-0.25, -0.2) is 0 Å². The third-order valence-corrected chi connectivity index (χ3v) is 2.09. The zero-order valence-corrected chi connectivity index (χ0v) is 8.42. The van der Waals surface area contributed by atoms with E-state index in [-0.39, 0.29) is 0 Å². The van der Waals surface area contributed by atoms with Gasteiger partial charge in [-0.2, -0.15) is 0 Å². The molecule has 0 saturated heterocycles. The first-order valence-electron chi connectivity index (χ1n) is 4.48. The number of hydrogen-bond donors (Lipinski definition) is 1. The Morgan fingerprint density at radius 2 is 2.29 bits per heavy atom. The number of aliphatic imine (C=N–C) groups is 1. The van der Waals surface area contributed by atoms with Crippen LogP contribution in [0.4, 0.5) is 5.69 Å². The van der Waals surface area contributed by atoms with Gasteiger partial charge in [0.2, 0.25) is 0 Å². The molecule has 1 N–H and O–H groups in total. The molecule has 74 valence electrons. The minimum Gasteiger partial charge on any atom is -0.484 e. The van der Waals surface area contributed by atoms with Gasteiger partial charge in [0.15, 0.2) is 0 Å². The molecule has 0 aliphatic carbocycles. The van der Waals surface area contributed by atoms with Gasteiger partial charge in [-0.15, -0.1) is 11.6 Å². The Labute approximate surface area is 87.7 Å². The second kappa shape index (κ2) is 4.33. The van der Waals surface area contributed by atoms with Crippen LogP contribution in [0.5, 0.6) is 5.75 Å². The maximum atomic E-state index is 5.55. The average molecular weight is 211 g/mol. The largest absolute Gasteiger partial charge is 0.484 e. The van der Waals surface area contributed by atoms with Crippen molar-refractivity contribution in [3.8, 4) is 5.75 Å². The predicted octanol–water partition coefficient (Wildman–Crippen LogP) is 2.13. The maximum Gasteiger partial charge on any atom is 0.146 e. The first kappa shape index (κ1) is 9.34. The van der Waals surface area contributed by atoms with Crippen LogP contribution in [0.1, 0.15) is 0 Å². The van der Waals surface area contributed by atoms with E-state index in [0.717, 1.165) is 17.3 Å². The summed E-state index contributed by atoms with van der Waals surface area (Å²) in [5.41, 5.74) is 0.965. The zero-order chi connectivity index (χ0) is 9.80. The van der Waals surface area contributed by atoms with Crippen LogP contribution in [0.25, 0.3) is 0 Å². The number of halogens is 1. The van der Waals surface area contributed by atoms with Crippen LogP contribution in [0.15, 0.2) is 29.3 Å². The second-order valence-electron chi connectivity index (χ2n) is 2.93. The number of anilines is 1. The van der Waals surface area contributed by atoms with E-state index in [0.29, 0.717) is 19.0 Å². The summed E-state index contributed by atoms with van der Waals surface area (Å²) in [6.07, 6.45) is 0. The number of fused-ring (bicyclic) bond motifs is 1. The minimum atomic E-state index is 0.494. The summed E-state index contributed by atoms with van der Waals surface area (Å²) in [5.74, 6) is 2.24. The fraction of sp³-hybridized carbons (Fsp3) is 0.300. The summed E-state index contributed by atoms with van der Waals surface area (Å²) in [4.78, 5) is 4.25. The van der Waals surface area contributed by atoms with Crippen LogP contribution >= 0.6 is 11.6 Å². The van der Waals surface area contributed by atoms with Crippen LogP contribution < -0.4 is 10.1 Å². The van der Waals surface area contributed by atoms with Gasteiger partial charge in [0.25, 0.3) is 0 Å². The molecule has 1 aliphatic heterocycles. The first-order valence-corrected chi connectivity index (χ1v) is 5.02. The van der Waals surface area contributed by atoms with E-state index >= 15 is 0 Å². The van der Waals surface area contributed by atoms with Crippen LogP contribution in [-0.4, -0.2) is 24.9 Å². The molecular weight excluding hydrogens is 200 g/mol. The molecule has 14 heavy (non-hydrogen) atoms. The Morgan fingerprint density at radius 1 is 1.43 bits per heavy atom. The van der Waals surface area contributed by atoms with Gasteiger partial charge >= 0.3 is 0 Å². The number of hydrogen-bond acceptors (Lipinski definition) is 2. The molecule has 0 spiro atoms. The number of ether oxygens (including phenoxy) is 1. The lowest BCUT2D eigenvalue weighted by Gasteiger charge is -2.20. The lowest BCUT2D eigenvalue weighted by atomic mass is 10.2. The van der Waals surface area contributed by atoms with Crippen molar-refractivity contribution in [1.29, 1.82) is 0 Å². The van der Waals surface area contributed by atoms with Crippen LogP contribution in [-0.2, 0) is 0 Å². The Bertz CT molecular complexity index is 352. The van der Waals surface area contributed by atoms with Gasteiger partial charge < -0.3 is 10.1 Å². The number of rotatable bonds is 2. The molecule has 3 nitrogen and oxygen atoms in total. The molecule has 0 unspecified atom stereocenters. The van der Waals surface area contributed by atoms with Crippen molar-refractivity contribution in [2.45, 2.75) is 0 Å². The molecule has 1 aromatic carbocycles. The van der Waals surface area contributed by atoms with Crippen LogP contribution in [0.2, 0.25) is 0 Å². The third kappa shape index (κ3) is 1.99. The van der Waals surface area contributed by atoms with Gasteiger partial charge in [-0.05, 0) is 12.1 Å². The number of nitrogens with one attached hydrogen (secondary N) is 1. The number of nitrogens with zero attached hydrogens (tertiary/aromatic N) is 1. The third-order valence-electron chi connectivity index (χ3n) is 1.92. The highest BCUT2D eigenvalue weighted by atomic mass is 35.5. The highest BCUT2D eigenvalue weighted by molar-refractivity contribution is 6.18. The fourth-order valence-corrected chi connectivity index (χ4v) is 1.38. The number of benzene rings is 1. The molecule has 2 rings (SSSR count).